The van der Waals surface area contributed by atoms with Crippen molar-refractivity contribution in [2.24, 2.45) is 0 Å². The van der Waals surface area contributed by atoms with Crippen LogP contribution in [0.5, 0.6) is 17.2 Å². The number of hydrogen-bond donors (Lipinski definition) is 1. The Morgan fingerprint density at radius 1 is 1.03 bits per heavy atom. The minimum Gasteiger partial charge on any atom is -0.497 e. The second-order valence-corrected chi connectivity index (χ2v) is 7.66. The maximum Gasteiger partial charge on any atom is 0.260 e. The number of aryl methyl sites for hydroxylation is 1. The fraction of sp³-hybridized carbons (Fsp3) is 0.174. The summed E-state index contributed by atoms with van der Waals surface area (Å²) >= 11 is 1.43. The van der Waals surface area contributed by atoms with Crippen molar-refractivity contribution >= 4 is 23.1 Å². The van der Waals surface area contributed by atoms with Gasteiger partial charge in [-0.3, -0.25) is 4.79 Å². The average Bonchev–Trinajstić information content (AvgIpc) is 3.45. The first kappa shape index (κ1) is 21.4. The maximum atomic E-state index is 13.0. The minimum absolute atomic E-state index is 0.341. The van der Waals surface area contributed by atoms with Crippen LogP contribution < -0.4 is 19.5 Å². The molecule has 1 amide bonds. The number of methoxy groups -OCH3 is 3. The summed E-state index contributed by atoms with van der Waals surface area (Å²) in [6.07, 6.45) is 0. The van der Waals surface area contributed by atoms with Gasteiger partial charge in [0.25, 0.3) is 5.91 Å². The number of thiazole rings is 1. The van der Waals surface area contributed by atoms with E-state index >= 15 is 0 Å². The predicted molar refractivity (Wildman–Crippen MR) is 123 cm³/mol. The van der Waals surface area contributed by atoms with Crippen LogP contribution >= 0.6 is 11.3 Å². The highest BCUT2D eigenvalue weighted by Gasteiger charge is 2.20. The average molecular weight is 451 g/mol. The van der Waals surface area contributed by atoms with E-state index in [0.29, 0.717) is 28.0 Å². The summed E-state index contributed by atoms with van der Waals surface area (Å²) in [4.78, 5) is 17.7. The van der Waals surface area contributed by atoms with E-state index in [-0.39, 0.29) is 5.91 Å². The van der Waals surface area contributed by atoms with Crippen molar-refractivity contribution < 1.29 is 19.0 Å². The molecule has 0 aliphatic carbocycles. The molecule has 164 valence electrons. The third kappa shape index (κ3) is 4.15. The molecule has 0 fully saturated rings. The molecule has 0 saturated carbocycles. The second kappa shape index (κ2) is 9.11. The lowest BCUT2D eigenvalue weighted by Gasteiger charge is -2.12. The monoisotopic (exact) mass is 450 g/mol. The highest BCUT2D eigenvalue weighted by atomic mass is 32.1. The molecule has 0 spiro atoms. The van der Waals surface area contributed by atoms with Crippen molar-refractivity contribution in [3.8, 4) is 33.6 Å². The Kier molecular flexibility index (Phi) is 6.09. The molecule has 0 bridgehead atoms. The number of rotatable bonds is 7. The second-order valence-electron chi connectivity index (χ2n) is 6.83. The van der Waals surface area contributed by atoms with Gasteiger partial charge in [0.05, 0.1) is 38.3 Å². The van der Waals surface area contributed by atoms with Crippen molar-refractivity contribution in [2.45, 2.75) is 6.92 Å². The van der Waals surface area contributed by atoms with Crippen LogP contribution in [0.2, 0.25) is 0 Å². The lowest BCUT2D eigenvalue weighted by Crippen LogP contribution is -2.16. The summed E-state index contributed by atoms with van der Waals surface area (Å²) in [6, 6.07) is 14.6. The molecule has 0 atom stereocenters. The largest absolute Gasteiger partial charge is 0.497 e. The molecule has 0 radical (unpaired) electrons. The first-order valence-electron chi connectivity index (χ1n) is 9.73. The van der Waals surface area contributed by atoms with Crippen LogP contribution in [-0.4, -0.2) is 42.0 Å². The van der Waals surface area contributed by atoms with Gasteiger partial charge in [0, 0.05) is 17.0 Å². The van der Waals surface area contributed by atoms with Gasteiger partial charge in [-0.1, -0.05) is 18.2 Å². The summed E-state index contributed by atoms with van der Waals surface area (Å²) < 4.78 is 17.6. The molecule has 0 saturated heterocycles. The van der Waals surface area contributed by atoms with Gasteiger partial charge in [0.15, 0.2) is 11.5 Å². The lowest BCUT2D eigenvalue weighted by atomic mass is 10.1. The summed E-state index contributed by atoms with van der Waals surface area (Å²) in [5, 5.41) is 10.00. The molecule has 2 aromatic carbocycles. The third-order valence-electron chi connectivity index (χ3n) is 4.76. The Hall–Kier alpha value is -3.85. The molecule has 2 heterocycles. The Morgan fingerprint density at radius 2 is 1.84 bits per heavy atom. The zero-order chi connectivity index (χ0) is 22.7. The van der Waals surface area contributed by atoms with Gasteiger partial charge in [-0.05, 0) is 31.2 Å². The van der Waals surface area contributed by atoms with Crippen LogP contribution in [0.15, 0.2) is 53.9 Å². The van der Waals surface area contributed by atoms with E-state index < -0.39 is 0 Å². The highest BCUT2D eigenvalue weighted by Crippen LogP contribution is 2.32. The third-order valence-corrected chi connectivity index (χ3v) is 5.58. The molecule has 1 N–H and O–H groups in total. The Morgan fingerprint density at radius 3 is 2.59 bits per heavy atom. The van der Waals surface area contributed by atoms with E-state index in [9.17, 15) is 4.79 Å². The molecule has 0 aliphatic rings. The van der Waals surface area contributed by atoms with E-state index in [1.54, 1.807) is 36.1 Å². The number of nitrogens with one attached hydrogen (secondary N) is 1. The molecule has 9 heteroatoms. The summed E-state index contributed by atoms with van der Waals surface area (Å²) in [6.45, 7) is 1.86. The molecule has 0 aliphatic heterocycles. The van der Waals surface area contributed by atoms with E-state index in [1.807, 2.05) is 36.6 Å². The molecule has 4 rings (SSSR count). The Bertz CT molecular complexity index is 1260. The van der Waals surface area contributed by atoms with E-state index in [4.69, 9.17) is 19.2 Å². The van der Waals surface area contributed by atoms with Crippen molar-refractivity contribution in [1.29, 1.82) is 0 Å². The fourth-order valence-corrected chi connectivity index (χ4v) is 4.06. The number of hydrogen-bond acceptors (Lipinski definition) is 7. The molecular weight excluding hydrogens is 428 g/mol. The summed E-state index contributed by atoms with van der Waals surface area (Å²) in [5.41, 5.74) is 2.83. The number of anilines is 1. The number of ether oxygens (including phenoxy) is 3. The minimum atomic E-state index is -0.341. The van der Waals surface area contributed by atoms with Gasteiger partial charge in [-0.25, -0.2) is 4.98 Å². The smallest absolute Gasteiger partial charge is 0.260 e. The molecule has 4 aromatic rings. The number of carbonyl (C=O) groups is 1. The Labute approximate surface area is 189 Å². The van der Waals surface area contributed by atoms with E-state index in [0.717, 1.165) is 22.7 Å². The van der Waals surface area contributed by atoms with E-state index in [2.05, 4.69) is 10.4 Å². The lowest BCUT2D eigenvalue weighted by molar-refractivity contribution is 0.102. The number of nitrogens with zero attached hydrogens (tertiary/aromatic N) is 3. The van der Waals surface area contributed by atoms with Crippen molar-refractivity contribution in [3.05, 3.63) is 65.2 Å². The number of benzene rings is 2. The number of carbonyl (C=O) groups excluding carboxylic acids is 1. The van der Waals surface area contributed by atoms with Crippen LogP contribution in [-0.2, 0) is 0 Å². The van der Waals surface area contributed by atoms with Gasteiger partial charge in [-0.15, -0.1) is 11.3 Å². The van der Waals surface area contributed by atoms with Crippen LogP contribution in [0.3, 0.4) is 0 Å². The standard InChI is InChI=1S/C23H22N4O4S/c1-14-11-20(25-22(28)17-9-6-10-19(30-3)21(17)31-4)27(26-14)23-24-18(13-32-23)15-7-5-8-16(12-15)29-2/h5-13H,1-4H3,(H,25,28). The topological polar surface area (TPSA) is 87.5 Å². The quantitative estimate of drug-likeness (QED) is 0.443. The number of aromatic nitrogens is 3. The molecule has 8 nitrogen and oxygen atoms in total. The zero-order valence-electron chi connectivity index (χ0n) is 18.1. The fourth-order valence-electron chi connectivity index (χ4n) is 3.26. The van der Waals surface area contributed by atoms with Crippen LogP contribution in [0.1, 0.15) is 16.1 Å². The van der Waals surface area contributed by atoms with Crippen LogP contribution in [0.25, 0.3) is 16.4 Å². The predicted octanol–water partition coefficient (Wildman–Crippen LogP) is 4.58. The van der Waals surface area contributed by atoms with Gasteiger partial charge in [0.1, 0.15) is 11.6 Å². The SMILES string of the molecule is COc1cccc(-c2csc(-n3nc(C)cc3NC(=O)c3cccc(OC)c3OC)n2)c1. The summed E-state index contributed by atoms with van der Waals surface area (Å²) in [7, 11) is 4.66. The first-order valence-corrected chi connectivity index (χ1v) is 10.6. The highest BCUT2D eigenvalue weighted by molar-refractivity contribution is 7.12. The zero-order valence-corrected chi connectivity index (χ0v) is 18.9. The van der Waals surface area contributed by atoms with Gasteiger partial charge in [0.2, 0.25) is 5.13 Å². The maximum absolute atomic E-state index is 13.0. The first-order chi connectivity index (χ1) is 15.5. The summed E-state index contributed by atoms with van der Waals surface area (Å²) in [5.74, 6) is 1.76. The number of amides is 1. The van der Waals surface area contributed by atoms with E-state index in [1.165, 1.54) is 25.6 Å². The van der Waals surface area contributed by atoms with Gasteiger partial charge < -0.3 is 19.5 Å². The Balaban J connectivity index is 1.65. The molecule has 0 unspecified atom stereocenters. The number of para-hydroxylation sites is 1. The van der Waals surface area contributed by atoms with Crippen molar-refractivity contribution in [2.75, 3.05) is 26.6 Å². The normalized spacial score (nSPS) is 10.6. The van der Waals surface area contributed by atoms with Crippen molar-refractivity contribution in [1.82, 2.24) is 14.8 Å². The van der Waals surface area contributed by atoms with Gasteiger partial charge >= 0.3 is 0 Å². The van der Waals surface area contributed by atoms with Crippen LogP contribution in [0.4, 0.5) is 5.82 Å². The van der Waals surface area contributed by atoms with Crippen molar-refractivity contribution in [3.63, 3.8) is 0 Å². The van der Waals surface area contributed by atoms with Crippen LogP contribution in [0, 0.1) is 6.92 Å². The molecular formula is C23H22N4O4S. The molecule has 2 aromatic heterocycles. The molecule has 32 heavy (non-hydrogen) atoms. The van der Waals surface area contributed by atoms with Gasteiger partial charge in [-0.2, -0.15) is 9.78 Å².